The summed E-state index contributed by atoms with van der Waals surface area (Å²) in [5.41, 5.74) is 2.13. The normalized spacial score (nSPS) is 9.91. The van der Waals surface area contributed by atoms with Gasteiger partial charge in [-0.25, -0.2) is 9.59 Å². The van der Waals surface area contributed by atoms with Gasteiger partial charge >= 0.3 is 12.1 Å². The number of methoxy groups -OCH3 is 2. The van der Waals surface area contributed by atoms with E-state index in [9.17, 15) is 14.7 Å². The molecular weight excluding hydrogens is 286 g/mol. The summed E-state index contributed by atoms with van der Waals surface area (Å²) in [7, 11) is 2.57. The second-order valence-corrected chi connectivity index (χ2v) is 4.42. The van der Waals surface area contributed by atoms with Crippen molar-refractivity contribution in [3.8, 4) is 16.9 Å². The molecule has 0 saturated heterocycles. The van der Waals surface area contributed by atoms with Gasteiger partial charge in [-0.15, -0.1) is 0 Å². The Hall–Kier alpha value is -3.02. The maximum Gasteiger partial charge on any atom is 0.411 e. The molecule has 0 atom stereocenters. The zero-order valence-electron chi connectivity index (χ0n) is 12.1. The highest BCUT2D eigenvalue weighted by Gasteiger charge is 2.14. The van der Waals surface area contributed by atoms with Crippen LogP contribution in [-0.2, 0) is 9.47 Å². The first-order chi connectivity index (χ1) is 10.5. The first-order valence-corrected chi connectivity index (χ1v) is 6.42. The minimum absolute atomic E-state index is 0.0411. The number of benzene rings is 2. The molecule has 0 aliphatic rings. The summed E-state index contributed by atoms with van der Waals surface area (Å²) >= 11 is 0. The molecule has 1 amide bonds. The average Bonchev–Trinajstić information content (AvgIpc) is 2.54. The topological polar surface area (TPSA) is 84.9 Å². The minimum Gasteiger partial charge on any atom is -0.508 e. The summed E-state index contributed by atoms with van der Waals surface area (Å²) in [6.45, 7) is 0. The van der Waals surface area contributed by atoms with Crippen LogP contribution < -0.4 is 5.32 Å². The molecule has 0 spiro atoms. The third-order valence-corrected chi connectivity index (χ3v) is 3.04. The van der Waals surface area contributed by atoms with E-state index in [2.05, 4.69) is 10.1 Å². The quantitative estimate of drug-likeness (QED) is 0.851. The van der Waals surface area contributed by atoms with Gasteiger partial charge in [0.1, 0.15) is 5.75 Å². The summed E-state index contributed by atoms with van der Waals surface area (Å²) in [5, 5.41) is 12.2. The first kappa shape index (κ1) is 15.4. The summed E-state index contributed by atoms with van der Waals surface area (Å²) in [5.74, 6) is -0.453. The lowest BCUT2D eigenvalue weighted by Gasteiger charge is -2.10. The first-order valence-electron chi connectivity index (χ1n) is 6.42. The predicted molar refractivity (Wildman–Crippen MR) is 80.9 cm³/mol. The van der Waals surface area contributed by atoms with Gasteiger partial charge < -0.3 is 14.6 Å². The summed E-state index contributed by atoms with van der Waals surface area (Å²) in [6, 6.07) is 11.2. The lowest BCUT2D eigenvalue weighted by Crippen LogP contribution is -2.10. The van der Waals surface area contributed by atoms with Gasteiger partial charge in [0.05, 0.1) is 19.8 Å². The number of esters is 1. The zero-order chi connectivity index (χ0) is 16.1. The molecule has 0 saturated carbocycles. The number of ether oxygens (including phenoxy) is 2. The van der Waals surface area contributed by atoms with Crippen LogP contribution in [0.5, 0.6) is 5.75 Å². The molecule has 2 aromatic rings. The van der Waals surface area contributed by atoms with E-state index >= 15 is 0 Å². The Morgan fingerprint density at radius 3 is 2.27 bits per heavy atom. The lowest BCUT2D eigenvalue weighted by atomic mass is 9.99. The Kier molecular flexibility index (Phi) is 4.63. The van der Waals surface area contributed by atoms with Crippen molar-refractivity contribution >= 4 is 17.7 Å². The molecule has 0 aromatic heterocycles. The van der Waals surface area contributed by atoms with E-state index in [1.54, 1.807) is 24.3 Å². The van der Waals surface area contributed by atoms with Crippen LogP contribution in [0.25, 0.3) is 11.1 Å². The monoisotopic (exact) mass is 301 g/mol. The van der Waals surface area contributed by atoms with Crippen LogP contribution >= 0.6 is 0 Å². The Morgan fingerprint density at radius 1 is 1.00 bits per heavy atom. The molecule has 0 bridgehead atoms. The molecular formula is C16H15NO5. The summed E-state index contributed by atoms with van der Waals surface area (Å²) < 4.78 is 9.24. The van der Waals surface area contributed by atoms with Crippen LogP contribution in [0.4, 0.5) is 10.5 Å². The van der Waals surface area contributed by atoms with Gasteiger partial charge in [-0.1, -0.05) is 12.1 Å². The van der Waals surface area contributed by atoms with E-state index in [4.69, 9.17) is 4.74 Å². The highest BCUT2D eigenvalue weighted by molar-refractivity contribution is 5.97. The largest absolute Gasteiger partial charge is 0.508 e. The molecule has 2 aromatic carbocycles. The average molecular weight is 301 g/mol. The van der Waals surface area contributed by atoms with Gasteiger partial charge in [0.2, 0.25) is 0 Å². The van der Waals surface area contributed by atoms with E-state index in [1.165, 1.54) is 32.4 Å². The van der Waals surface area contributed by atoms with Crippen molar-refractivity contribution in [3.63, 3.8) is 0 Å². The van der Waals surface area contributed by atoms with E-state index in [1.807, 2.05) is 0 Å². The Labute approximate surface area is 127 Å². The van der Waals surface area contributed by atoms with Crippen LogP contribution in [0.2, 0.25) is 0 Å². The maximum atomic E-state index is 11.8. The number of aromatic hydroxyl groups is 1. The summed E-state index contributed by atoms with van der Waals surface area (Å²) in [4.78, 5) is 22.9. The van der Waals surface area contributed by atoms with E-state index in [0.29, 0.717) is 22.4 Å². The fourth-order valence-corrected chi connectivity index (χ4v) is 1.96. The molecule has 6 nitrogen and oxygen atoms in total. The molecule has 0 aliphatic carbocycles. The standard InChI is InChI=1S/C16H15NO5/c1-21-15(19)13-8-7-12(18)9-14(13)10-3-5-11(6-4-10)17-16(20)22-2/h3-9,18H,1-2H3,(H,17,20). The minimum atomic E-state index is -0.569. The van der Waals surface area contributed by atoms with Crippen molar-refractivity contribution in [2.75, 3.05) is 19.5 Å². The fraction of sp³-hybridized carbons (Fsp3) is 0.125. The van der Waals surface area contributed by atoms with Crippen LogP contribution in [0.15, 0.2) is 42.5 Å². The van der Waals surface area contributed by atoms with Gasteiger partial charge in [-0.3, -0.25) is 5.32 Å². The number of hydrogen-bond acceptors (Lipinski definition) is 5. The van der Waals surface area contributed by atoms with Gasteiger partial charge in [0.25, 0.3) is 0 Å². The Morgan fingerprint density at radius 2 is 1.68 bits per heavy atom. The third-order valence-electron chi connectivity index (χ3n) is 3.04. The SMILES string of the molecule is COC(=O)Nc1ccc(-c2cc(O)ccc2C(=O)OC)cc1. The molecule has 2 N–H and O–H groups in total. The van der Waals surface area contributed by atoms with E-state index in [0.717, 1.165) is 0 Å². The number of nitrogens with one attached hydrogen (secondary N) is 1. The number of phenols is 1. The Balaban J connectivity index is 2.37. The fourth-order valence-electron chi connectivity index (χ4n) is 1.96. The molecule has 2 rings (SSSR count). The van der Waals surface area contributed by atoms with Crippen molar-refractivity contribution in [3.05, 3.63) is 48.0 Å². The number of rotatable bonds is 3. The van der Waals surface area contributed by atoms with Gasteiger partial charge in [0.15, 0.2) is 0 Å². The highest BCUT2D eigenvalue weighted by atomic mass is 16.5. The zero-order valence-corrected chi connectivity index (χ0v) is 12.1. The molecule has 114 valence electrons. The number of phenolic OH excluding ortho intramolecular Hbond substituents is 1. The van der Waals surface area contributed by atoms with E-state index in [-0.39, 0.29) is 5.75 Å². The maximum absolute atomic E-state index is 11.8. The van der Waals surface area contributed by atoms with Crippen LogP contribution in [-0.4, -0.2) is 31.4 Å². The number of carbonyl (C=O) groups excluding carboxylic acids is 2. The van der Waals surface area contributed by atoms with Gasteiger partial charge in [-0.2, -0.15) is 0 Å². The highest BCUT2D eigenvalue weighted by Crippen LogP contribution is 2.29. The van der Waals surface area contributed by atoms with Crippen molar-refractivity contribution in [1.82, 2.24) is 0 Å². The van der Waals surface area contributed by atoms with Crippen molar-refractivity contribution in [2.45, 2.75) is 0 Å². The van der Waals surface area contributed by atoms with E-state index < -0.39 is 12.1 Å². The number of amides is 1. The molecule has 0 aliphatic heterocycles. The molecule has 0 fully saturated rings. The third kappa shape index (κ3) is 3.35. The molecule has 0 radical (unpaired) electrons. The molecule has 0 heterocycles. The van der Waals surface area contributed by atoms with Crippen LogP contribution in [0.1, 0.15) is 10.4 Å². The molecule has 0 unspecified atom stereocenters. The second kappa shape index (κ2) is 6.62. The number of hydrogen-bond donors (Lipinski definition) is 2. The van der Waals surface area contributed by atoms with Gasteiger partial charge in [0, 0.05) is 5.69 Å². The number of anilines is 1. The van der Waals surface area contributed by atoms with Crippen molar-refractivity contribution < 1.29 is 24.2 Å². The molecule has 6 heteroatoms. The van der Waals surface area contributed by atoms with Crippen molar-refractivity contribution in [2.24, 2.45) is 0 Å². The van der Waals surface area contributed by atoms with Crippen LogP contribution in [0.3, 0.4) is 0 Å². The Bertz CT molecular complexity index is 694. The van der Waals surface area contributed by atoms with Crippen molar-refractivity contribution in [1.29, 1.82) is 0 Å². The van der Waals surface area contributed by atoms with Gasteiger partial charge in [-0.05, 0) is 41.5 Å². The molecule has 22 heavy (non-hydrogen) atoms. The summed E-state index contributed by atoms with van der Waals surface area (Å²) in [6.07, 6.45) is -0.569. The lowest BCUT2D eigenvalue weighted by molar-refractivity contribution is 0.0601. The number of carbonyl (C=O) groups is 2. The smallest absolute Gasteiger partial charge is 0.411 e. The van der Waals surface area contributed by atoms with Crippen LogP contribution in [0, 0.1) is 0 Å². The second-order valence-electron chi connectivity index (χ2n) is 4.42. The predicted octanol–water partition coefficient (Wildman–Crippen LogP) is 3.02.